The van der Waals surface area contributed by atoms with Crippen LogP contribution in [-0.4, -0.2) is 25.9 Å². The van der Waals surface area contributed by atoms with Gasteiger partial charge in [0, 0.05) is 32.9 Å². The number of nitrogens with one attached hydrogen (secondary N) is 1. The minimum atomic E-state index is -4.82. The summed E-state index contributed by atoms with van der Waals surface area (Å²) in [5, 5.41) is 22.4. The molecule has 0 fully saturated rings. The largest absolute Gasteiger partial charge is 1.00 e. The van der Waals surface area contributed by atoms with Crippen molar-refractivity contribution in [1.82, 2.24) is 0 Å². The molecule has 0 aliphatic rings. The van der Waals surface area contributed by atoms with Crippen molar-refractivity contribution in [2.45, 2.75) is 9.79 Å². The summed E-state index contributed by atoms with van der Waals surface area (Å²) in [4.78, 5) is -0.787. The summed E-state index contributed by atoms with van der Waals surface area (Å²) in [6.07, 6.45) is 0. The van der Waals surface area contributed by atoms with E-state index in [1.807, 2.05) is 54.6 Å². The van der Waals surface area contributed by atoms with E-state index >= 15 is 0 Å². The number of para-hydroxylation sites is 1. The molecular formula is C32H21N5Na2O6S2. The molecule has 0 aliphatic carbocycles. The van der Waals surface area contributed by atoms with Crippen molar-refractivity contribution < 1.29 is 85.1 Å². The van der Waals surface area contributed by atoms with Crippen molar-refractivity contribution >= 4 is 75.9 Å². The molecule has 0 unspecified atom stereocenters. The average molecular weight is 682 g/mol. The number of benzene rings is 6. The summed E-state index contributed by atoms with van der Waals surface area (Å²) in [5.74, 6) is 0. The maximum atomic E-state index is 12.2. The van der Waals surface area contributed by atoms with E-state index in [-0.39, 0.29) is 75.1 Å². The number of azo groups is 2. The van der Waals surface area contributed by atoms with Crippen LogP contribution >= 0.6 is 0 Å². The third kappa shape index (κ3) is 8.39. The Morgan fingerprint density at radius 1 is 0.511 bits per heavy atom. The van der Waals surface area contributed by atoms with E-state index in [1.165, 1.54) is 30.3 Å². The molecule has 0 saturated heterocycles. The Hall–Kier alpha value is -3.34. The summed E-state index contributed by atoms with van der Waals surface area (Å²) < 4.78 is 70.8. The minimum absolute atomic E-state index is 0. The van der Waals surface area contributed by atoms with E-state index in [9.17, 15) is 25.9 Å². The fourth-order valence-corrected chi connectivity index (χ4v) is 6.02. The first-order valence-electron chi connectivity index (χ1n) is 13.3. The van der Waals surface area contributed by atoms with Gasteiger partial charge in [-0.3, -0.25) is 0 Å². The summed E-state index contributed by atoms with van der Waals surface area (Å²) >= 11 is 0. The maximum Gasteiger partial charge on any atom is 1.00 e. The SMILES string of the molecule is O=S(=O)([O-])c1cccc(N=Nc2ccc(N=Nc3ccc(Nc4ccccc4)c4c(S(=O)(=O)[O-])cccc34)c3ccccc23)c1.[Na+].[Na+]. The molecule has 47 heavy (non-hydrogen) atoms. The topological polar surface area (TPSA) is 176 Å². The van der Waals surface area contributed by atoms with Crippen LogP contribution in [0, 0.1) is 0 Å². The number of hydrogen-bond acceptors (Lipinski definition) is 11. The van der Waals surface area contributed by atoms with Crippen LogP contribution in [-0.2, 0) is 20.2 Å². The monoisotopic (exact) mass is 681 g/mol. The standard InChI is InChI=1S/C32H23N5O6S2.2Na/c38-44(39,40)23-11-6-10-22(20-23)34-35-27-16-17-28(25-13-5-4-12-24(25)27)36-37-29-18-19-30(33-21-8-2-1-3-9-21)32-26(29)14-7-15-31(32)45(41,42)43;;/h1-20,33H,(H,38,39,40)(H,41,42,43);;/q;2*+1/p-2. The van der Waals surface area contributed by atoms with Gasteiger partial charge in [-0.05, 0) is 60.7 Å². The molecule has 0 atom stereocenters. The van der Waals surface area contributed by atoms with Crippen molar-refractivity contribution in [3.8, 4) is 0 Å². The summed E-state index contributed by atoms with van der Waals surface area (Å²) in [7, 11) is -9.47. The van der Waals surface area contributed by atoms with E-state index < -0.39 is 25.1 Å². The van der Waals surface area contributed by atoms with Gasteiger partial charge in [-0.15, -0.1) is 15.3 Å². The fraction of sp³-hybridized carbons (Fsp3) is 0. The molecule has 0 amide bonds. The molecule has 15 heteroatoms. The van der Waals surface area contributed by atoms with Gasteiger partial charge in [0.25, 0.3) is 0 Å². The van der Waals surface area contributed by atoms with Crippen molar-refractivity contribution in [3.05, 3.63) is 121 Å². The van der Waals surface area contributed by atoms with Gasteiger partial charge in [-0.1, -0.05) is 60.7 Å². The van der Waals surface area contributed by atoms with Crippen LogP contribution in [0.1, 0.15) is 0 Å². The van der Waals surface area contributed by atoms with E-state index in [0.717, 1.165) is 6.07 Å². The van der Waals surface area contributed by atoms with E-state index in [0.29, 0.717) is 44.6 Å². The minimum Gasteiger partial charge on any atom is -0.744 e. The van der Waals surface area contributed by atoms with Crippen LogP contribution in [0.25, 0.3) is 21.5 Å². The van der Waals surface area contributed by atoms with E-state index in [2.05, 4.69) is 25.8 Å². The van der Waals surface area contributed by atoms with Crippen LogP contribution in [0.3, 0.4) is 0 Å². The third-order valence-corrected chi connectivity index (χ3v) is 8.53. The maximum absolute atomic E-state index is 12.2. The van der Waals surface area contributed by atoms with Crippen molar-refractivity contribution in [3.63, 3.8) is 0 Å². The Labute approximate surface area is 314 Å². The Kier molecular flexibility index (Phi) is 11.8. The first kappa shape index (κ1) is 36.5. The number of fused-ring (bicyclic) bond motifs is 2. The predicted octanol–water partition coefficient (Wildman–Crippen LogP) is 2.38. The molecule has 6 aromatic rings. The van der Waals surface area contributed by atoms with Crippen LogP contribution in [0.2, 0.25) is 0 Å². The van der Waals surface area contributed by atoms with Gasteiger partial charge in [0.1, 0.15) is 20.2 Å². The van der Waals surface area contributed by atoms with Gasteiger partial charge in [-0.25, -0.2) is 16.8 Å². The second kappa shape index (κ2) is 15.3. The van der Waals surface area contributed by atoms with E-state index in [4.69, 9.17) is 0 Å². The van der Waals surface area contributed by atoms with Gasteiger partial charge in [0.2, 0.25) is 0 Å². The molecule has 0 bridgehead atoms. The summed E-state index contributed by atoms with van der Waals surface area (Å²) in [6.45, 7) is 0. The number of anilines is 2. The normalized spacial score (nSPS) is 11.9. The number of hydrogen-bond donors (Lipinski definition) is 1. The first-order chi connectivity index (χ1) is 21.6. The van der Waals surface area contributed by atoms with Gasteiger partial charge in [0.05, 0.1) is 32.5 Å². The Morgan fingerprint density at radius 2 is 1.04 bits per heavy atom. The molecule has 0 aromatic heterocycles. The molecule has 0 radical (unpaired) electrons. The predicted molar refractivity (Wildman–Crippen MR) is 168 cm³/mol. The number of rotatable bonds is 8. The third-order valence-electron chi connectivity index (χ3n) is 6.82. The molecule has 0 spiro atoms. The van der Waals surface area contributed by atoms with Crippen molar-refractivity contribution in [1.29, 1.82) is 0 Å². The van der Waals surface area contributed by atoms with Gasteiger partial charge in [-0.2, -0.15) is 5.11 Å². The van der Waals surface area contributed by atoms with E-state index in [1.54, 1.807) is 30.3 Å². The zero-order valence-electron chi connectivity index (χ0n) is 25.1. The molecule has 0 saturated carbocycles. The van der Waals surface area contributed by atoms with Crippen molar-refractivity contribution in [2.75, 3.05) is 5.32 Å². The Balaban J connectivity index is 0.00000250. The smallest absolute Gasteiger partial charge is 0.744 e. The van der Waals surface area contributed by atoms with Crippen molar-refractivity contribution in [2.24, 2.45) is 20.5 Å². The molecule has 6 aromatic carbocycles. The average Bonchev–Trinajstić information content (AvgIpc) is 3.03. The zero-order chi connectivity index (χ0) is 31.6. The molecule has 0 aliphatic heterocycles. The zero-order valence-corrected chi connectivity index (χ0v) is 30.7. The van der Waals surface area contributed by atoms with Gasteiger partial charge < -0.3 is 14.4 Å². The second-order valence-corrected chi connectivity index (χ2v) is 12.5. The van der Waals surface area contributed by atoms with Crippen LogP contribution in [0.5, 0.6) is 0 Å². The van der Waals surface area contributed by atoms with Gasteiger partial charge >= 0.3 is 59.1 Å². The van der Waals surface area contributed by atoms with Crippen LogP contribution < -0.4 is 64.4 Å². The van der Waals surface area contributed by atoms with Crippen LogP contribution in [0.15, 0.2) is 152 Å². The second-order valence-electron chi connectivity index (χ2n) is 9.76. The van der Waals surface area contributed by atoms with Crippen LogP contribution in [0.4, 0.5) is 34.1 Å². The Bertz CT molecular complexity index is 2370. The Morgan fingerprint density at radius 3 is 1.66 bits per heavy atom. The molecule has 6 rings (SSSR count). The summed E-state index contributed by atoms with van der Waals surface area (Å²) in [6, 6.07) is 32.7. The molecule has 224 valence electrons. The summed E-state index contributed by atoms with van der Waals surface area (Å²) in [5.41, 5.74) is 2.61. The first-order valence-corrected chi connectivity index (χ1v) is 16.1. The van der Waals surface area contributed by atoms with Gasteiger partial charge in [0.15, 0.2) is 0 Å². The molecular weight excluding hydrogens is 660 g/mol. The fourth-order valence-electron chi connectivity index (χ4n) is 4.80. The molecule has 0 heterocycles. The quantitative estimate of drug-likeness (QED) is 0.146. The molecule has 11 nitrogen and oxygen atoms in total. The number of nitrogens with zero attached hydrogens (tertiary/aromatic N) is 4. The molecule has 1 N–H and O–H groups in total.